The second kappa shape index (κ2) is 5.92. The van der Waals surface area contributed by atoms with Crippen molar-refractivity contribution >= 4 is 5.69 Å². The van der Waals surface area contributed by atoms with Gasteiger partial charge < -0.3 is 5.32 Å². The number of aromatic nitrogens is 2. The molecule has 1 aliphatic heterocycles. The van der Waals surface area contributed by atoms with E-state index < -0.39 is 0 Å². The Hall–Kier alpha value is -1.77. The maximum absolute atomic E-state index is 4.67. The standard InChI is InChI=1S/C18H25N3/c1-4-15-11-16(21(5-2)20-15)12-18-13(3)10-14-8-6-7-9-17(14)19-18/h6-9,11,13,18-19H,4-5,10,12H2,1-3H3. The van der Waals surface area contributed by atoms with E-state index in [1.165, 1.54) is 22.6 Å². The van der Waals surface area contributed by atoms with Gasteiger partial charge in [-0.05, 0) is 43.4 Å². The molecule has 0 saturated heterocycles. The maximum Gasteiger partial charge on any atom is 0.0624 e. The number of hydrogen-bond donors (Lipinski definition) is 1. The summed E-state index contributed by atoms with van der Waals surface area (Å²) in [6.45, 7) is 7.64. The van der Waals surface area contributed by atoms with Gasteiger partial charge in [-0.2, -0.15) is 5.10 Å². The zero-order chi connectivity index (χ0) is 14.8. The monoisotopic (exact) mass is 283 g/mol. The lowest BCUT2D eigenvalue weighted by Crippen LogP contribution is -2.35. The highest BCUT2D eigenvalue weighted by Crippen LogP contribution is 2.29. The van der Waals surface area contributed by atoms with E-state index in [1.54, 1.807) is 0 Å². The molecule has 2 atom stereocenters. The van der Waals surface area contributed by atoms with E-state index in [0.717, 1.165) is 25.8 Å². The van der Waals surface area contributed by atoms with Gasteiger partial charge in [0.1, 0.15) is 0 Å². The molecular formula is C18H25N3. The molecule has 0 spiro atoms. The van der Waals surface area contributed by atoms with Gasteiger partial charge in [0.25, 0.3) is 0 Å². The summed E-state index contributed by atoms with van der Waals surface area (Å²) in [5, 5.41) is 8.40. The van der Waals surface area contributed by atoms with Gasteiger partial charge in [0, 0.05) is 30.4 Å². The van der Waals surface area contributed by atoms with E-state index in [-0.39, 0.29) is 0 Å². The van der Waals surface area contributed by atoms with E-state index >= 15 is 0 Å². The Labute approximate surface area is 127 Å². The fraction of sp³-hybridized carbons (Fsp3) is 0.500. The summed E-state index contributed by atoms with van der Waals surface area (Å²) in [5.41, 5.74) is 5.31. The first-order chi connectivity index (χ1) is 10.2. The van der Waals surface area contributed by atoms with Crippen LogP contribution in [-0.2, 0) is 25.8 Å². The van der Waals surface area contributed by atoms with Crippen LogP contribution >= 0.6 is 0 Å². The first kappa shape index (κ1) is 14.2. The highest BCUT2D eigenvalue weighted by Gasteiger charge is 2.25. The Morgan fingerprint density at radius 2 is 2.10 bits per heavy atom. The Balaban J connectivity index is 1.81. The molecule has 3 rings (SSSR count). The number of anilines is 1. The van der Waals surface area contributed by atoms with Crippen molar-refractivity contribution < 1.29 is 0 Å². The molecule has 0 aliphatic carbocycles. The van der Waals surface area contributed by atoms with Gasteiger partial charge >= 0.3 is 0 Å². The predicted octanol–water partition coefficient (Wildman–Crippen LogP) is 3.68. The first-order valence-corrected chi connectivity index (χ1v) is 8.11. The molecule has 0 radical (unpaired) electrons. The number of rotatable bonds is 4. The van der Waals surface area contributed by atoms with Crippen LogP contribution in [0.5, 0.6) is 0 Å². The Kier molecular flexibility index (Phi) is 4.00. The quantitative estimate of drug-likeness (QED) is 0.927. The van der Waals surface area contributed by atoms with Crippen LogP contribution in [0.1, 0.15) is 37.7 Å². The summed E-state index contributed by atoms with van der Waals surface area (Å²) in [4.78, 5) is 0. The van der Waals surface area contributed by atoms with Gasteiger partial charge in [0.2, 0.25) is 0 Å². The fourth-order valence-electron chi connectivity index (χ4n) is 3.27. The van der Waals surface area contributed by atoms with Crippen LogP contribution in [-0.4, -0.2) is 15.8 Å². The average molecular weight is 283 g/mol. The number of benzene rings is 1. The summed E-state index contributed by atoms with van der Waals surface area (Å²) >= 11 is 0. The lowest BCUT2D eigenvalue weighted by Gasteiger charge is -2.32. The van der Waals surface area contributed by atoms with Gasteiger partial charge in [0.15, 0.2) is 0 Å². The molecule has 3 nitrogen and oxygen atoms in total. The second-order valence-electron chi connectivity index (χ2n) is 6.09. The van der Waals surface area contributed by atoms with Gasteiger partial charge in [-0.25, -0.2) is 0 Å². The fourth-order valence-corrected chi connectivity index (χ4v) is 3.27. The Bertz CT molecular complexity index is 615. The number of para-hydroxylation sites is 1. The van der Waals surface area contributed by atoms with Crippen molar-refractivity contribution in [2.45, 2.75) is 52.6 Å². The summed E-state index contributed by atoms with van der Waals surface area (Å²) in [5.74, 6) is 0.644. The molecular weight excluding hydrogens is 258 g/mol. The molecule has 0 saturated carbocycles. The lowest BCUT2D eigenvalue weighted by molar-refractivity contribution is 0.448. The van der Waals surface area contributed by atoms with Crippen molar-refractivity contribution in [3.63, 3.8) is 0 Å². The molecule has 1 aromatic carbocycles. The smallest absolute Gasteiger partial charge is 0.0624 e. The molecule has 1 aromatic heterocycles. The van der Waals surface area contributed by atoms with Gasteiger partial charge in [-0.1, -0.05) is 32.0 Å². The molecule has 21 heavy (non-hydrogen) atoms. The number of fused-ring (bicyclic) bond motifs is 1. The summed E-state index contributed by atoms with van der Waals surface area (Å²) in [7, 11) is 0. The van der Waals surface area contributed by atoms with Crippen molar-refractivity contribution in [2.24, 2.45) is 5.92 Å². The summed E-state index contributed by atoms with van der Waals surface area (Å²) in [6.07, 6.45) is 3.22. The minimum atomic E-state index is 0.492. The average Bonchev–Trinajstić information content (AvgIpc) is 2.90. The van der Waals surface area contributed by atoms with Crippen LogP contribution in [0, 0.1) is 5.92 Å². The molecule has 112 valence electrons. The molecule has 3 heteroatoms. The van der Waals surface area contributed by atoms with E-state index in [1.807, 2.05) is 0 Å². The molecule has 0 fully saturated rings. The van der Waals surface area contributed by atoms with Crippen LogP contribution in [0.2, 0.25) is 0 Å². The minimum Gasteiger partial charge on any atom is -0.381 e. The van der Waals surface area contributed by atoms with E-state index in [9.17, 15) is 0 Å². The second-order valence-corrected chi connectivity index (χ2v) is 6.09. The zero-order valence-corrected chi connectivity index (χ0v) is 13.3. The van der Waals surface area contributed by atoms with Crippen molar-refractivity contribution in [2.75, 3.05) is 5.32 Å². The van der Waals surface area contributed by atoms with Gasteiger partial charge in [-0.15, -0.1) is 0 Å². The topological polar surface area (TPSA) is 29.9 Å². The van der Waals surface area contributed by atoms with Crippen LogP contribution in [0.4, 0.5) is 5.69 Å². The zero-order valence-electron chi connectivity index (χ0n) is 13.3. The molecule has 1 N–H and O–H groups in total. The summed E-state index contributed by atoms with van der Waals surface area (Å²) in [6, 6.07) is 11.4. The van der Waals surface area contributed by atoms with Crippen LogP contribution in [0.25, 0.3) is 0 Å². The van der Waals surface area contributed by atoms with Crippen LogP contribution in [0.15, 0.2) is 30.3 Å². The molecule has 2 heterocycles. The summed E-state index contributed by atoms with van der Waals surface area (Å²) < 4.78 is 2.16. The molecule has 0 bridgehead atoms. The Morgan fingerprint density at radius 3 is 2.86 bits per heavy atom. The van der Waals surface area contributed by atoms with Gasteiger partial charge in [-0.3, -0.25) is 4.68 Å². The Morgan fingerprint density at radius 1 is 1.29 bits per heavy atom. The third-order valence-corrected chi connectivity index (χ3v) is 4.59. The molecule has 2 aromatic rings. The molecule has 0 amide bonds. The van der Waals surface area contributed by atoms with Crippen molar-refractivity contribution in [1.82, 2.24) is 9.78 Å². The van der Waals surface area contributed by atoms with Crippen molar-refractivity contribution in [1.29, 1.82) is 0 Å². The number of nitrogens with one attached hydrogen (secondary N) is 1. The number of aryl methyl sites for hydroxylation is 2. The van der Waals surface area contributed by atoms with Crippen molar-refractivity contribution in [3.8, 4) is 0 Å². The SMILES string of the molecule is CCc1cc(CC2Nc3ccccc3CC2C)n(CC)n1. The third kappa shape index (κ3) is 2.82. The highest BCUT2D eigenvalue weighted by molar-refractivity contribution is 5.54. The normalized spacial score (nSPS) is 20.9. The van der Waals surface area contributed by atoms with E-state index in [0.29, 0.717) is 12.0 Å². The van der Waals surface area contributed by atoms with Crippen LogP contribution < -0.4 is 5.32 Å². The maximum atomic E-state index is 4.67. The van der Waals surface area contributed by atoms with E-state index in [2.05, 4.69) is 66.2 Å². The largest absolute Gasteiger partial charge is 0.381 e. The van der Waals surface area contributed by atoms with Gasteiger partial charge in [0.05, 0.1) is 5.69 Å². The van der Waals surface area contributed by atoms with Crippen molar-refractivity contribution in [3.05, 3.63) is 47.3 Å². The molecule has 1 aliphatic rings. The lowest BCUT2D eigenvalue weighted by atomic mass is 9.86. The van der Waals surface area contributed by atoms with Crippen LogP contribution in [0.3, 0.4) is 0 Å². The first-order valence-electron chi connectivity index (χ1n) is 8.11. The minimum absolute atomic E-state index is 0.492. The predicted molar refractivity (Wildman–Crippen MR) is 87.7 cm³/mol. The number of hydrogen-bond acceptors (Lipinski definition) is 2. The third-order valence-electron chi connectivity index (χ3n) is 4.59. The highest BCUT2D eigenvalue weighted by atomic mass is 15.3. The van der Waals surface area contributed by atoms with E-state index in [4.69, 9.17) is 0 Å². The molecule has 2 unspecified atom stereocenters. The number of nitrogens with zero attached hydrogens (tertiary/aromatic N) is 2.